The van der Waals surface area contributed by atoms with Crippen LogP contribution in [0.3, 0.4) is 0 Å². The van der Waals surface area contributed by atoms with Crippen LogP contribution >= 0.6 is 0 Å². The minimum absolute atomic E-state index is 0.246. The van der Waals surface area contributed by atoms with Crippen molar-refractivity contribution in [1.82, 2.24) is 10.1 Å². The van der Waals surface area contributed by atoms with Gasteiger partial charge in [-0.15, -0.1) is 0 Å². The van der Waals surface area contributed by atoms with Gasteiger partial charge in [0, 0.05) is 5.39 Å². The van der Waals surface area contributed by atoms with Crippen molar-refractivity contribution in [3.05, 3.63) is 36.2 Å². The Kier molecular flexibility index (Phi) is 1.97. The number of aliphatic hydroxyl groups excluding tert-OH is 1. The second-order valence-electron chi connectivity index (χ2n) is 3.32. The number of para-hydroxylation sites is 1. The third-order valence-electron chi connectivity index (χ3n) is 2.25. The molecular weight excluding hydrogens is 208 g/mol. The van der Waals surface area contributed by atoms with Gasteiger partial charge >= 0.3 is 0 Å². The van der Waals surface area contributed by atoms with Crippen LogP contribution in [-0.2, 0) is 6.61 Å². The molecule has 5 nitrogen and oxygen atoms in total. The molecule has 0 aliphatic carbocycles. The van der Waals surface area contributed by atoms with E-state index in [1.807, 2.05) is 30.3 Å². The zero-order valence-electron chi connectivity index (χ0n) is 8.25. The minimum atomic E-state index is -0.246. The molecule has 0 bridgehead atoms. The van der Waals surface area contributed by atoms with Gasteiger partial charge in [0.05, 0.1) is 0 Å². The van der Waals surface area contributed by atoms with Crippen molar-refractivity contribution in [3.8, 4) is 11.7 Å². The van der Waals surface area contributed by atoms with Crippen molar-refractivity contribution in [3.63, 3.8) is 0 Å². The summed E-state index contributed by atoms with van der Waals surface area (Å²) in [7, 11) is 0. The topological polar surface area (TPSA) is 72.3 Å². The van der Waals surface area contributed by atoms with Crippen LogP contribution in [0, 0.1) is 0 Å². The van der Waals surface area contributed by atoms with E-state index in [0.29, 0.717) is 5.76 Å². The van der Waals surface area contributed by atoms with E-state index in [-0.39, 0.29) is 18.3 Å². The summed E-state index contributed by atoms with van der Waals surface area (Å²) in [6.07, 6.45) is 0. The molecule has 0 saturated carbocycles. The zero-order chi connectivity index (χ0) is 11.0. The Bertz CT molecular complexity index is 594. The van der Waals surface area contributed by atoms with Crippen LogP contribution in [0.4, 0.5) is 0 Å². The second-order valence-corrected chi connectivity index (χ2v) is 3.32. The molecule has 80 valence electrons. The molecule has 0 saturated heterocycles. The molecule has 0 fully saturated rings. The Morgan fingerprint density at radius 1 is 1.25 bits per heavy atom. The SMILES string of the molecule is OCc1noc(-c2cc3ccccc3o2)n1. The van der Waals surface area contributed by atoms with Crippen LogP contribution in [-0.4, -0.2) is 15.2 Å². The van der Waals surface area contributed by atoms with Crippen LogP contribution in [0.1, 0.15) is 5.82 Å². The summed E-state index contributed by atoms with van der Waals surface area (Å²) in [5.74, 6) is 1.03. The third kappa shape index (κ3) is 1.38. The predicted molar refractivity (Wildman–Crippen MR) is 55.4 cm³/mol. The molecule has 5 heteroatoms. The molecule has 1 N–H and O–H groups in total. The summed E-state index contributed by atoms with van der Waals surface area (Å²) < 4.78 is 10.5. The quantitative estimate of drug-likeness (QED) is 0.709. The standard InChI is InChI=1S/C11H8N2O3/c14-6-10-12-11(16-13-10)9-5-7-3-1-2-4-8(7)15-9/h1-5,14H,6H2. The number of furan rings is 1. The molecular formula is C11H8N2O3. The number of aliphatic hydroxyl groups is 1. The number of nitrogens with zero attached hydrogens (tertiary/aromatic N) is 2. The summed E-state index contributed by atoms with van der Waals surface area (Å²) in [5.41, 5.74) is 0.765. The van der Waals surface area contributed by atoms with Crippen LogP contribution in [0.5, 0.6) is 0 Å². The second kappa shape index (κ2) is 3.46. The third-order valence-corrected chi connectivity index (χ3v) is 2.25. The lowest BCUT2D eigenvalue weighted by Gasteiger charge is -1.84. The monoisotopic (exact) mass is 216 g/mol. The molecule has 2 aromatic heterocycles. The lowest BCUT2D eigenvalue weighted by molar-refractivity contribution is 0.263. The van der Waals surface area contributed by atoms with Gasteiger partial charge in [-0.05, 0) is 12.1 Å². The summed E-state index contributed by atoms with van der Waals surface area (Å²) in [4.78, 5) is 3.97. The fourth-order valence-electron chi connectivity index (χ4n) is 1.51. The van der Waals surface area contributed by atoms with E-state index in [4.69, 9.17) is 14.0 Å². The van der Waals surface area contributed by atoms with Crippen LogP contribution in [0.15, 0.2) is 39.3 Å². The maximum atomic E-state index is 8.82. The van der Waals surface area contributed by atoms with E-state index >= 15 is 0 Å². The van der Waals surface area contributed by atoms with Gasteiger partial charge in [0.15, 0.2) is 11.6 Å². The van der Waals surface area contributed by atoms with Gasteiger partial charge in [-0.2, -0.15) is 4.98 Å². The lowest BCUT2D eigenvalue weighted by Crippen LogP contribution is -1.84. The molecule has 0 spiro atoms. The van der Waals surface area contributed by atoms with Gasteiger partial charge in [-0.25, -0.2) is 0 Å². The molecule has 0 unspecified atom stereocenters. The first kappa shape index (κ1) is 9.11. The van der Waals surface area contributed by atoms with Crippen molar-refractivity contribution in [2.75, 3.05) is 0 Å². The van der Waals surface area contributed by atoms with Gasteiger partial charge in [0.25, 0.3) is 5.89 Å². The molecule has 16 heavy (non-hydrogen) atoms. The van der Waals surface area contributed by atoms with E-state index in [0.717, 1.165) is 11.0 Å². The summed E-state index contributed by atoms with van der Waals surface area (Å²) in [5, 5.41) is 13.4. The first-order chi connectivity index (χ1) is 7.86. The molecule has 1 aromatic carbocycles. The maximum absolute atomic E-state index is 8.82. The summed E-state index contributed by atoms with van der Waals surface area (Å²) in [6.45, 7) is -0.246. The largest absolute Gasteiger partial charge is 0.451 e. The number of hydrogen-bond donors (Lipinski definition) is 1. The van der Waals surface area contributed by atoms with E-state index in [1.54, 1.807) is 0 Å². The molecule has 0 atom stereocenters. The fraction of sp³-hybridized carbons (Fsp3) is 0.0909. The number of benzene rings is 1. The fourth-order valence-corrected chi connectivity index (χ4v) is 1.51. The number of hydrogen-bond acceptors (Lipinski definition) is 5. The Balaban J connectivity index is 2.11. The molecule has 0 amide bonds. The van der Waals surface area contributed by atoms with Gasteiger partial charge in [-0.3, -0.25) is 0 Å². The number of fused-ring (bicyclic) bond motifs is 1. The highest BCUT2D eigenvalue weighted by molar-refractivity contribution is 5.81. The molecule has 3 rings (SSSR count). The molecule has 3 aromatic rings. The molecule has 0 aliphatic rings. The van der Waals surface area contributed by atoms with Gasteiger partial charge in [-0.1, -0.05) is 23.4 Å². The van der Waals surface area contributed by atoms with Crippen molar-refractivity contribution in [2.24, 2.45) is 0 Å². The Hall–Kier alpha value is -2.14. The Morgan fingerprint density at radius 3 is 2.88 bits per heavy atom. The van der Waals surface area contributed by atoms with E-state index in [9.17, 15) is 0 Å². The smallest absolute Gasteiger partial charge is 0.293 e. The minimum Gasteiger partial charge on any atom is -0.451 e. The predicted octanol–water partition coefficient (Wildman–Crippen LogP) is 1.98. The van der Waals surface area contributed by atoms with E-state index < -0.39 is 0 Å². The van der Waals surface area contributed by atoms with Crippen molar-refractivity contribution < 1.29 is 14.0 Å². The highest BCUT2D eigenvalue weighted by Gasteiger charge is 2.12. The Labute approximate surface area is 90.3 Å². The van der Waals surface area contributed by atoms with Crippen molar-refractivity contribution >= 4 is 11.0 Å². The number of rotatable bonds is 2. The Morgan fingerprint density at radius 2 is 2.12 bits per heavy atom. The maximum Gasteiger partial charge on any atom is 0.293 e. The normalized spacial score (nSPS) is 11.1. The average Bonchev–Trinajstić information content (AvgIpc) is 2.95. The van der Waals surface area contributed by atoms with E-state index in [1.165, 1.54) is 0 Å². The first-order valence-corrected chi connectivity index (χ1v) is 4.79. The van der Waals surface area contributed by atoms with Crippen LogP contribution in [0.2, 0.25) is 0 Å². The molecule has 2 heterocycles. The van der Waals surface area contributed by atoms with Gasteiger partial charge in [0.1, 0.15) is 12.2 Å². The van der Waals surface area contributed by atoms with Crippen LogP contribution < -0.4 is 0 Å². The molecule has 0 aliphatic heterocycles. The number of aromatic nitrogens is 2. The van der Waals surface area contributed by atoms with Crippen molar-refractivity contribution in [2.45, 2.75) is 6.61 Å². The molecule has 0 radical (unpaired) electrons. The van der Waals surface area contributed by atoms with Crippen LogP contribution in [0.25, 0.3) is 22.6 Å². The summed E-state index contributed by atoms with van der Waals surface area (Å²) >= 11 is 0. The highest BCUT2D eigenvalue weighted by atomic mass is 16.5. The van der Waals surface area contributed by atoms with Gasteiger partial charge < -0.3 is 14.0 Å². The van der Waals surface area contributed by atoms with E-state index in [2.05, 4.69) is 10.1 Å². The zero-order valence-corrected chi connectivity index (χ0v) is 8.25. The lowest BCUT2D eigenvalue weighted by atomic mass is 10.2. The highest BCUT2D eigenvalue weighted by Crippen LogP contribution is 2.26. The first-order valence-electron chi connectivity index (χ1n) is 4.79. The summed E-state index contributed by atoms with van der Waals surface area (Å²) in [6, 6.07) is 9.44. The van der Waals surface area contributed by atoms with Crippen molar-refractivity contribution in [1.29, 1.82) is 0 Å². The average molecular weight is 216 g/mol. The van der Waals surface area contributed by atoms with Gasteiger partial charge in [0.2, 0.25) is 0 Å².